The van der Waals surface area contributed by atoms with Crippen LogP contribution in [0.1, 0.15) is 27.1 Å². The van der Waals surface area contributed by atoms with Crippen LogP contribution in [0.25, 0.3) is 0 Å². The molecule has 0 nitrogen and oxygen atoms in total. The van der Waals surface area contributed by atoms with Crippen molar-refractivity contribution in [2.24, 2.45) is 0 Å². The van der Waals surface area contributed by atoms with Crippen LogP contribution in [0.15, 0.2) is 40.9 Å². The van der Waals surface area contributed by atoms with Gasteiger partial charge in [0.15, 0.2) is 0 Å². The Labute approximate surface area is 130 Å². The molecule has 0 aromatic heterocycles. The van der Waals surface area contributed by atoms with Crippen LogP contribution in [0.3, 0.4) is 0 Å². The normalized spacial score (nSPS) is 12.5. The molecular formula is C15H13Br2Cl. The van der Waals surface area contributed by atoms with Gasteiger partial charge in [0.05, 0.1) is 4.83 Å². The highest BCUT2D eigenvalue weighted by Gasteiger charge is 2.14. The number of rotatable bonds is 2. The van der Waals surface area contributed by atoms with Crippen LogP contribution >= 0.6 is 43.5 Å². The number of benzene rings is 2. The average molecular weight is 389 g/mol. The van der Waals surface area contributed by atoms with Crippen LogP contribution < -0.4 is 0 Å². The van der Waals surface area contributed by atoms with Gasteiger partial charge in [-0.1, -0.05) is 61.7 Å². The summed E-state index contributed by atoms with van der Waals surface area (Å²) in [5.74, 6) is 0. The van der Waals surface area contributed by atoms with Crippen molar-refractivity contribution in [3.05, 3.63) is 68.1 Å². The molecule has 1 atom stereocenters. The molecule has 0 spiro atoms. The number of hydrogen-bond acceptors (Lipinski definition) is 0. The van der Waals surface area contributed by atoms with Gasteiger partial charge in [0.1, 0.15) is 0 Å². The Bertz CT molecular complexity index is 579. The Balaban J connectivity index is 2.46. The molecule has 1 unspecified atom stereocenters. The molecule has 2 aromatic carbocycles. The van der Waals surface area contributed by atoms with E-state index in [4.69, 9.17) is 11.6 Å². The van der Waals surface area contributed by atoms with Gasteiger partial charge in [0.25, 0.3) is 0 Å². The Kier molecular flexibility index (Phi) is 4.52. The minimum Gasteiger partial charge on any atom is -0.0840 e. The molecule has 2 rings (SSSR count). The fourth-order valence-corrected chi connectivity index (χ4v) is 3.33. The number of halogens is 3. The van der Waals surface area contributed by atoms with E-state index in [-0.39, 0.29) is 4.83 Å². The molecule has 0 amide bonds. The predicted octanol–water partition coefficient (Wildman–Crippen LogP) is 6.20. The molecular weight excluding hydrogens is 375 g/mol. The summed E-state index contributed by atoms with van der Waals surface area (Å²) in [6, 6.07) is 12.5. The first-order valence-corrected chi connectivity index (χ1v) is 7.74. The van der Waals surface area contributed by atoms with Gasteiger partial charge < -0.3 is 0 Å². The van der Waals surface area contributed by atoms with Crippen molar-refractivity contribution < 1.29 is 0 Å². The molecule has 0 saturated carbocycles. The highest BCUT2D eigenvalue weighted by molar-refractivity contribution is 9.10. The van der Waals surface area contributed by atoms with Gasteiger partial charge in [-0.2, -0.15) is 0 Å². The molecule has 94 valence electrons. The van der Waals surface area contributed by atoms with Gasteiger partial charge >= 0.3 is 0 Å². The maximum atomic E-state index is 6.14. The van der Waals surface area contributed by atoms with E-state index in [0.717, 1.165) is 15.1 Å². The van der Waals surface area contributed by atoms with Gasteiger partial charge in [-0.05, 0) is 54.3 Å². The van der Waals surface area contributed by atoms with Gasteiger partial charge in [-0.25, -0.2) is 0 Å². The highest BCUT2D eigenvalue weighted by Crippen LogP contribution is 2.35. The molecule has 0 N–H and O–H groups in total. The molecule has 0 bridgehead atoms. The lowest BCUT2D eigenvalue weighted by molar-refractivity contribution is 1.13. The Morgan fingerprint density at radius 2 is 1.78 bits per heavy atom. The SMILES string of the molecule is Cc1cc(C(Br)c2cccc(Br)c2)c(C)cc1Cl. The van der Waals surface area contributed by atoms with E-state index in [2.05, 4.69) is 57.0 Å². The zero-order valence-electron chi connectivity index (χ0n) is 10.2. The van der Waals surface area contributed by atoms with Crippen LogP contribution in [0.5, 0.6) is 0 Å². The number of alkyl halides is 1. The Hall–Kier alpha value is -0.310. The fraction of sp³-hybridized carbons (Fsp3) is 0.200. The second kappa shape index (κ2) is 5.77. The van der Waals surface area contributed by atoms with Gasteiger partial charge in [0, 0.05) is 9.50 Å². The standard InChI is InChI=1S/C15H13Br2Cl/c1-9-7-14(18)10(2)6-13(9)15(17)11-4-3-5-12(16)8-11/h3-8,15H,1-2H3. The first kappa shape index (κ1) is 14.1. The molecule has 0 aliphatic carbocycles. The van der Waals surface area contributed by atoms with Gasteiger partial charge in [-0.15, -0.1) is 0 Å². The third kappa shape index (κ3) is 2.98. The van der Waals surface area contributed by atoms with Crippen molar-refractivity contribution >= 4 is 43.5 Å². The smallest absolute Gasteiger partial charge is 0.0647 e. The van der Waals surface area contributed by atoms with E-state index >= 15 is 0 Å². The van der Waals surface area contributed by atoms with Crippen molar-refractivity contribution in [1.29, 1.82) is 0 Å². The van der Waals surface area contributed by atoms with Crippen molar-refractivity contribution in [2.45, 2.75) is 18.7 Å². The van der Waals surface area contributed by atoms with Crippen LogP contribution in [-0.4, -0.2) is 0 Å². The van der Waals surface area contributed by atoms with Gasteiger partial charge in [-0.3, -0.25) is 0 Å². The molecule has 2 aromatic rings. The third-order valence-electron chi connectivity index (χ3n) is 2.96. The predicted molar refractivity (Wildman–Crippen MR) is 85.8 cm³/mol. The fourth-order valence-electron chi connectivity index (χ4n) is 1.92. The monoisotopic (exact) mass is 386 g/mol. The number of aryl methyl sites for hydroxylation is 2. The third-order valence-corrected chi connectivity index (χ3v) is 4.88. The van der Waals surface area contributed by atoms with Crippen molar-refractivity contribution in [3.63, 3.8) is 0 Å². The molecule has 0 fully saturated rings. The van der Waals surface area contributed by atoms with E-state index in [1.807, 2.05) is 25.1 Å². The van der Waals surface area contributed by atoms with Gasteiger partial charge in [0.2, 0.25) is 0 Å². The van der Waals surface area contributed by atoms with Crippen LogP contribution in [0.2, 0.25) is 5.02 Å². The van der Waals surface area contributed by atoms with Crippen LogP contribution in [0, 0.1) is 13.8 Å². The summed E-state index contributed by atoms with van der Waals surface area (Å²) in [7, 11) is 0. The zero-order chi connectivity index (χ0) is 13.3. The molecule has 0 aliphatic rings. The van der Waals surface area contributed by atoms with Crippen LogP contribution in [-0.2, 0) is 0 Å². The quantitative estimate of drug-likeness (QED) is 0.537. The van der Waals surface area contributed by atoms with Crippen molar-refractivity contribution in [2.75, 3.05) is 0 Å². The van der Waals surface area contributed by atoms with E-state index in [9.17, 15) is 0 Å². The summed E-state index contributed by atoms with van der Waals surface area (Å²) in [6.45, 7) is 4.12. The van der Waals surface area contributed by atoms with Crippen molar-refractivity contribution in [1.82, 2.24) is 0 Å². The lowest BCUT2D eigenvalue weighted by Crippen LogP contribution is -1.97. The summed E-state index contributed by atoms with van der Waals surface area (Å²) in [5, 5.41) is 0.824. The Morgan fingerprint density at radius 3 is 2.44 bits per heavy atom. The molecule has 18 heavy (non-hydrogen) atoms. The first-order valence-electron chi connectivity index (χ1n) is 5.65. The lowest BCUT2D eigenvalue weighted by Gasteiger charge is -2.15. The van der Waals surface area contributed by atoms with Crippen LogP contribution in [0.4, 0.5) is 0 Å². The minimum absolute atomic E-state index is 0.186. The zero-order valence-corrected chi connectivity index (χ0v) is 14.1. The molecule has 0 saturated heterocycles. The highest BCUT2D eigenvalue weighted by atomic mass is 79.9. The molecule has 3 heteroatoms. The minimum atomic E-state index is 0.186. The molecule has 0 heterocycles. The summed E-state index contributed by atoms with van der Waals surface area (Å²) < 4.78 is 1.09. The summed E-state index contributed by atoms with van der Waals surface area (Å²) in [4.78, 5) is 0.186. The lowest BCUT2D eigenvalue weighted by atomic mass is 9.98. The molecule has 0 radical (unpaired) electrons. The molecule has 0 aliphatic heterocycles. The topological polar surface area (TPSA) is 0 Å². The van der Waals surface area contributed by atoms with E-state index in [1.165, 1.54) is 16.7 Å². The number of hydrogen-bond donors (Lipinski definition) is 0. The summed E-state index contributed by atoms with van der Waals surface area (Å²) >= 11 is 13.4. The van der Waals surface area contributed by atoms with Crippen molar-refractivity contribution in [3.8, 4) is 0 Å². The average Bonchev–Trinajstić information content (AvgIpc) is 2.33. The van der Waals surface area contributed by atoms with E-state index < -0.39 is 0 Å². The first-order chi connectivity index (χ1) is 8.49. The maximum Gasteiger partial charge on any atom is 0.0647 e. The largest absolute Gasteiger partial charge is 0.0840 e. The summed E-state index contributed by atoms with van der Waals surface area (Å²) in [5.41, 5.74) is 4.80. The second-order valence-corrected chi connectivity index (χ2v) is 6.61. The second-order valence-electron chi connectivity index (χ2n) is 4.38. The summed E-state index contributed by atoms with van der Waals surface area (Å²) in [6.07, 6.45) is 0. The maximum absolute atomic E-state index is 6.14. The van der Waals surface area contributed by atoms with E-state index in [1.54, 1.807) is 0 Å². The Morgan fingerprint density at radius 1 is 1.06 bits per heavy atom. The van der Waals surface area contributed by atoms with E-state index in [0.29, 0.717) is 0 Å².